The Bertz CT molecular complexity index is 1340. The number of esters is 2. The lowest BCUT2D eigenvalue weighted by molar-refractivity contribution is -0.157. The maximum Gasteiger partial charge on any atom is 0.349 e. The van der Waals surface area contributed by atoms with Crippen molar-refractivity contribution in [2.45, 2.75) is 12.2 Å². The first kappa shape index (κ1) is 28.5. The highest BCUT2D eigenvalue weighted by atomic mass is 16.6. The number of methoxy groups -OCH3 is 2. The summed E-state index contributed by atoms with van der Waals surface area (Å²) in [5.74, 6) is -4.14. The first-order valence-electron chi connectivity index (χ1n) is 11.6. The summed E-state index contributed by atoms with van der Waals surface area (Å²) in [5, 5.41) is 12.4. The van der Waals surface area contributed by atoms with Gasteiger partial charge in [0.25, 0.3) is 5.91 Å². The zero-order valence-electron chi connectivity index (χ0n) is 21.7. The van der Waals surface area contributed by atoms with Crippen LogP contribution >= 0.6 is 0 Å². The van der Waals surface area contributed by atoms with Gasteiger partial charge in [-0.05, 0) is 60.7 Å². The van der Waals surface area contributed by atoms with Gasteiger partial charge in [-0.25, -0.2) is 14.4 Å². The van der Waals surface area contributed by atoms with Crippen LogP contribution in [0.25, 0.3) is 0 Å². The summed E-state index contributed by atoms with van der Waals surface area (Å²) in [7, 11) is 6.49. The maximum absolute atomic E-state index is 13.3. The van der Waals surface area contributed by atoms with Gasteiger partial charge in [0.1, 0.15) is 11.5 Å². The monoisotopic (exact) mass is 536 g/mol. The number of ether oxygens (including phenoxy) is 4. The number of carbonyl (C=O) groups is 4. The SMILES string of the molecule is COc1cccc(C(=O)O[C@H](C(=O)Nc2ccc(N(C)C)cc2)[C@@H](OC(=O)c2cccc(OC)c2)C(=O)O)c1. The van der Waals surface area contributed by atoms with Crippen LogP contribution in [0.1, 0.15) is 20.7 Å². The summed E-state index contributed by atoms with van der Waals surface area (Å²) in [4.78, 5) is 53.1. The maximum atomic E-state index is 13.3. The lowest BCUT2D eigenvalue weighted by Gasteiger charge is -2.24. The molecule has 1 amide bonds. The number of benzene rings is 3. The van der Waals surface area contributed by atoms with Gasteiger partial charge in [0.2, 0.25) is 12.2 Å². The summed E-state index contributed by atoms with van der Waals surface area (Å²) in [5.41, 5.74) is 1.12. The minimum absolute atomic E-state index is 0.00857. The van der Waals surface area contributed by atoms with Crippen LogP contribution in [0.15, 0.2) is 72.8 Å². The van der Waals surface area contributed by atoms with Crippen LogP contribution in [0.5, 0.6) is 11.5 Å². The average Bonchev–Trinajstić information content (AvgIpc) is 2.94. The fourth-order valence-corrected chi connectivity index (χ4v) is 3.42. The van der Waals surface area contributed by atoms with E-state index in [1.54, 1.807) is 36.4 Å². The number of amides is 1. The van der Waals surface area contributed by atoms with Crippen LogP contribution in [-0.2, 0) is 19.1 Å². The van der Waals surface area contributed by atoms with Gasteiger partial charge in [-0.15, -0.1) is 0 Å². The number of carbonyl (C=O) groups excluding carboxylic acids is 3. The Morgan fingerprint density at radius 3 is 1.67 bits per heavy atom. The average molecular weight is 537 g/mol. The lowest BCUT2D eigenvalue weighted by atomic mass is 10.1. The van der Waals surface area contributed by atoms with Crippen molar-refractivity contribution in [3.05, 3.63) is 83.9 Å². The number of carboxylic acid groups (broad SMARTS) is 1. The van der Waals surface area contributed by atoms with E-state index < -0.39 is 36.0 Å². The van der Waals surface area contributed by atoms with Gasteiger partial charge in [0, 0.05) is 25.5 Å². The first-order chi connectivity index (χ1) is 18.6. The number of nitrogens with zero attached hydrogens (tertiary/aromatic N) is 1. The number of rotatable bonds is 11. The van der Waals surface area contributed by atoms with E-state index in [4.69, 9.17) is 18.9 Å². The van der Waals surface area contributed by atoms with Crippen LogP contribution in [0.3, 0.4) is 0 Å². The fraction of sp³-hybridized carbons (Fsp3) is 0.214. The summed E-state index contributed by atoms with van der Waals surface area (Å²) < 4.78 is 20.7. The molecule has 3 aromatic rings. The zero-order valence-corrected chi connectivity index (χ0v) is 21.7. The topological polar surface area (TPSA) is 141 Å². The van der Waals surface area contributed by atoms with Crippen molar-refractivity contribution in [2.75, 3.05) is 38.5 Å². The Hall–Kier alpha value is -5.06. The van der Waals surface area contributed by atoms with Crippen molar-refractivity contribution in [3.8, 4) is 11.5 Å². The predicted molar refractivity (Wildman–Crippen MR) is 141 cm³/mol. The Labute approximate surface area is 224 Å². The van der Waals surface area contributed by atoms with Crippen molar-refractivity contribution in [1.29, 1.82) is 0 Å². The summed E-state index contributed by atoms with van der Waals surface area (Å²) in [6.45, 7) is 0. The second-order valence-corrected chi connectivity index (χ2v) is 8.38. The molecule has 3 rings (SSSR count). The molecule has 0 radical (unpaired) electrons. The fourth-order valence-electron chi connectivity index (χ4n) is 3.42. The molecule has 0 unspecified atom stereocenters. The number of anilines is 2. The molecule has 3 aromatic carbocycles. The minimum Gasteiger partial charge on any atom is -0.497 e. The molecule has 204 valence electrons. The minimum atomic E-state index is -2.18. The highest BCUT2D eigenvalue weighted by molar-refractivity contribution is 6.01. The molecule has 0 heterocycles. The van der Waals surface area contributed by atoms with Crippen molar-refractivity contribution in [1.82, 2.24) is 0 Å². The first-order valence-corrected chi connectivity index (χ1v) is 11.6. The summed E-state index contributed by atoms with van der Waals surface area (Å²) in [6, 6.07) is 18.3. The summed E-state index contributed by atoms with van der Waals surface area (Å²) in [6.07, 6.45) is -4.23. The molecular formula is C28H28N2O9. The molecule has 39 heavy (non-hydrogen) atoms. The highest BCUT2D eigenvalue weighted by Gasteiger charge is 2.41. The van der Waals surface area contributed by atoms with E-state index >= 15 is 0 Å². The number of carboxylic acids is 1. The normalized spacial score (nSPS) is 11.9. The molecule has 0 aliphatic carbocycles. The van der Waals surface area contributed by atoms with Gasteiger partial charge >= 0.3 is 17.9 Å². The van der Waals surface area contributed by atoms with Crippen molar-refractivity contribution >= 4 is 35.2 Å². The van der Waals surface area contributed by atoms with E-state index in [0.29, 0.717) is 17.2 Å². The zero-order chi connectivity index (χ0) is 28.5. The quantitative estimate of drug-likeness (QED) is 0.351. The van der Waals surface area contributed by atoms with Crippen molar-refractivity contribution < 1.29 is 43.2 Å². The van der Waals surface area contributed by atoms with Gasteiger partial charge < -0.3 is 34.3 Å². The van der Waals surface area contributed by atoms with Crippen LogP contribution in [0.2, 0.25) is 0 Å². The van der Waals surface area contributed by atoms with Gasteiger partial charge in [-0.3, -0.25) is 4.79 Å². The van der Waals surface area contributed by atoms with E-state index in [-0.39, 0.29) is 11.1 Å². The predicted octanol–water partition coefficient (Wildman–Crippen LogP) is 3.24. The second kappa shape index (κ2) is 13.0. The standard InChI is InChI=1S/C28H28N2O9/c1-30(2)20-13-11-19(12-14-20)29-25(31)23(38-27(34)17-7-5-9-21(15-17)36-3)24(26(32)33)39-28(35)18-8-6-10-22(16-18)37-4/h5-16,23-24H,1-4H3,(H,29,31)(H,32,33)/t23-,24+/m0/s1. The van der Waals surface area contributed by atoms with Gasteiger partial charge in [0.05, 0.1) is 25.3 Å². The molecule has 11 nitrogen and oxygen atoms in total. The molecule has 0 aromatic heterocycles. The molecule has 11 heteroatoms. The number of nitrogens with one attached hydrogen (secondary N) is 1. The highest BCUT2D eigenvalue weighted by Crippen LogP contribution is 2.21. The van der Waals surface area contributed by atoms with Crippen LogP contribution in [0.4, 0.5) is 11.4 Å². The Balaban J connectivity index is 1.92. The van der Waals surface area contributed by atoms with E-state index in [9.17, 15) is 24.3 Å². The van der Waals surface area contributed by atoms with Crippen molar-refractivity contribution in [2.24, 2.45) is 0 Å². The third kappa shape index (κ3) is 7.48. The van der Waals surface area contributed by atoms with Gasteiger partial charge in [-0.1, -0.05) is 12.1 Å². The molecule has 0 aliphatic rings. The molecule has 2 N–H and O–H groups in total. The van der Waals surface area contributed by atoms with Crippen molar-refractivity contribution in [3.63, 3.8) is 0 Å². The molecule has 0 fully saturated rings. The Morgan fingerprint density at radius 2 is 1.23 bits per heavy atom. The second-order valence-electron chi connectivity index (χ2n) is 8.38. The van der Waals surface area contributed by atoms with E-state index in [0.717, 1.165) is 5.69 Å². The van der Waals surface area contributed by atoms with Crippen LogP contribution < -0.4 is 19.7 Å². The third-order valence-electron chi connectivity index (χ3n) is 5.51. The van der Waals surface area contributed by atoms with Crippen LogP contribution in [0, 0.1) is 0 Å². The molecular weight excluding hydrogens is 508 g/mol. The van der Waals surface area contributed by atoms with E-state index in [1.807, 2.05) is 19.0 Å². The number of aliphatic carboxylic acids is 1. The molecule has 0 aliphatic heterocycles. The lowest BCUT2D eigenvalue weighted by Crippen LogP contribution is -2.48. The smallest absolute Gasteiger partial charge is 0.349 e. The Kier molecular flexibility index (Phi) is 9.47. The van der Waals surface area contributed by atoms with Gasteiger partial charge in [0.15, 0.2) is 0 Å². The van der Waals surface area contributed by atoms with E-state index in [1.165, 1.54) is 50.6 Å². The van der Waals surface area contributed by atoms with Gasteiger partial charge in [-0.2, -0.15) is 0 Å². The Morgan fingerprint density at radius 1 is 0.744 bits per heavy atom. The molecule has 0 saturated heterocycles. The van der Waals surface area contributed by atoms with Crippen LogP contribution in [-0.4, -0.2) is 69.4 Å². The molecule has 0 saturated carbocycles. The summed E-state index contributed by atoms with van der Waals surface area (Å²) >= 11 is 0. The van der Waals surface area contributed by atoms with E-state index in [2.05, 4.69) is 5.32 Å². The number of hydrogen-bond acceptors (Lipinski definition) is 9. The molecule has 0 bridgehead atoms. The number of hydrogen-bond donors (Lipinski definition) is 2. The largest absolute Gasteiger partial charge is 0.497 e. The molecule has 0 spiro atoms. The molecule has 2 atom stereocenters. The third-order valence-corrected chi connectivity index (χ3v) is 5.51.